The standard InChI is InChI=1S/C12H19NO2/c1-8(7-13)10-5-6-11(14-3)12(15-4)9(10)2/h5-6,8H,7,13H2,1-4H3. The largest absolute Gasteiger partial charge is 0.493 e. The van der Waals surface area contributed by atoms with E-state index in [4.69, 9.17) is 15.2 Å². The van der Waals surface area contributed by atoms with Crippen LogP contribution < -0.4 is 15.2 Å². The SMILES string of the molecule is COc1ccc(C(C)CN)c(C)c1OC. The number of methoxy groups -OCH3 is 2. The van der Waals surface area contributed by atoms with Gasteiger partial charge in [0, 0.05) is 0 Å². The van der Waals surface area contributed by atoms with Crippen LogP contribution in [0, 0.1) is 6.92 Å². The Labute approximate surface area is 91.2 Å². The first-order chi connectivity index (χ1) is 7.15. The van der Waals surface area contributed by atoms with Crippen molar-refractivity contribution < 1.29 is 9.47 Å². The smallest absolute Gasteiger partial charge is 0.163 e. The first kappa shape index (κ1) is 11.9. The zero-order chi connectivity index (χ0) is 11.4. The van der Waals surface area contributed by atoms with Gasteiger partial charge in [0.1, 0.15) is 0 Å². The molecule has 0 bridgehead atoms. The Kier molecular flexibility index (Phi) is 3.97. The highest BCUT2D eigenvalue weighted by molar-refractivity contribution is 5.51. The first-order valence-electron chi connectivity index (χ1n) is 5.07. The van der Waals surface area contributed by atoms with Gasteiger partial charge in [-0.2, -0.15) is 0 Å². The second kappa shape index (κ2) is 5.03. The Morgan fingerprint density at radius 3 is 2.40 bits per heavy atom. The van der Waals surface area contributed by atoms with Crippen LogP contribution in [0.5, 0.6) is 11.5 Å². The molecule has 3 heteroatoms. The molecule has 3 nitrogen and oxygen atoms in total. The highest BCUT2D eigenvalue weighted by atomic mass is 16.5. The molecule has 1 rings (SSSR count). The van der Waals surface area contributed by atoms with Crippen molar-refractivity contribution in [2.45, 2.75) is 19.8 Å². The summed E-state index contributed by atoms with van der Waals surface area (Å²) in [5.74, 6) is 1.91. The summed E-state index contributed by atoms with van der Waals surface area (Å²) in [7, 11) is 3.30. The van der Waals surface area contributed by atoms with Gasteiger partial charge < -0.3 is 15.2 Å². The van der Waals surface area contributed by atoms with Gasteiger partial charge in [-0.05, 0) is 36.6 Å². The second-order valence-corrected chi connectivity index (χ2v) is 3.65. The number of nitrogens with two attached hydrogens (primary N) is 1. The lowest BCUT2D eigenvalue weighted by Gasteiger charge is -2.17. The molecule has 0 heterocycles. The number of rotatable bonds is 4. The van der Waals surface area contributed by atoms with Crippen LogP contribution in [0.2, 0.25) is 0 Å². The molecule has 15 heavy (non-hydrogen) atoms. The molecule has 0 amide bonds. The molecular weight excluding hydrogens is 190 g/mol. The average Bonchev–Trinajstić information content (AvgIpc) is 2.27. The van der Waals surface area contributed by atoms with E-state index in [1.165, 1.54) is 5.56 Å². The lowest BCUT2D eigenvalue weighted by Crippen LogP contribution is -2.10. The Morgan fingerprint density at radius 1 is 1.27 bits per heavy atom. The topological polar surface area (TPSA) is 44.5 Å². The van der Waals surface area contributed by atoms with Crippen LogP contribution in [0.25, 0.3) is 0 Å². The van der Waals surface area contributed by atoms with Crippen LogP contribution in [-0.2, 0) is 0 Å². The van der Waals surface area contributed by atoms with E-state index in [2.05, 4.69) is 6.92 Å². The fraction of sp³-hybridized carbons (Fsp3) is 0.500. The average molecular weight is 209 g/mol. The van der Waals surface area contributed by atoms with E-state index >= 15 is 0 Å². The summed E-state index contributed by atoms with van der Waals surface area (Å²) in [4.78, 5) is 0. The van der Waals surface area contributed by atoms with Gasteiger partial charge in [-0.3, -0.25) is 0 Å². The van der Waals surface area contributed by atoms with Gasteiger partial charge in [-0.1, -0.05) is 13.0 Å². The summed E-state index contributed by atoms with van der Waals surface area (Å²) in [6.07, 6.45) is 0. The maximum atomic E-state index is 5.66. The third-order valence-electron chi connectivity index (χ3n) is 2.72. The van der Waals surface area contributed by atoms with Gasteiger partial charge in [0.15, 0.2) is 11.5 Å². The van der Waals surface area contributed by atoms with Crippen molar-refractivity contribution in [2.24, 2.45) is 5.73 Å². The van der Waals surface area contributed by atoms with Crippen LogP contribution in [0.1, 0.15) is 24.0 Å². The minimum absolute atomic E-state index is 0.338. The molecule has 0 saturated heterocycles. The molecule has 1 aromatic rings. The van der Waals surface area contributed by atoms with E-state index in [0.29, 0.717) is 12.5 Å². The molecule has 0 aliphatic heterocycles. The highest BCUT2D eigenvalue weighted by Crippen LogP contribution is 2.35. The molecule has 84 valence electrons. The van der Waals surface area contributed by atoms with Crippen LogP contribution >= 0.6 is 0 Å². The zero-order valence-corrected chi connectivity index (χ0v) is 9.83. The molecule has 0 fully saturated rings. The molecule has 1 atom stereocenters. The van der Waals surface area contributed by atoms with E-state index in [9.17, 15) is 0 Å². The quantitative estimate of drug-likeness (QED) is 0.825. The lowest BCUT2D eigenvalue weighted by molar-refractivity contribution is 0.352. The molecule has 1 unspecified atom stereocenters. The second-order valence-electron chi connectivity index (χ2n) is 3.65. The Bertz CT molecular complexity index is 337. The zero-order valence-electron chi connectivity index (χ0n) is 9.83. The maximum Gasteiger partial charge on any atom is 0.163 e. The van der Waals surface area contributed by atoms with Crippen molar-refractivity contribution in [3.8, 4) is 11.5 Å². The van der Waals surface area contributed by atoms with E-state index in [1.54, 1.807) is 14.2 Å². The number of benzene rings is 1. The Balaban J connectivity index is 3.22. The molecule has 2 N–H and O–H groups in total. The minimum atomic E-state index is 0.338. The van der Waals surface area contributed by atoms with Crippen molar-refractivity contribution in [1.82, 2.24) is 0 Å². The van der Waals surface area contributed by atoms with Crippen molar-refractivity contribution in [1.29, 1.82) is 0 Å². The summed E-state index contributed by atoms with van der Waals surface area (Å²) < 4.78 is 10.6. The highest BCUT2D eigenvalue weighted by Gasteiger charge is 2.14. The third-order valence-corrected chi connectivity index (χ3v) is 2.72. The van der Waals surface area contributed by atoms with Gasteiger partial charge in [0.2, 0.25) is 0 Å². The molecule has 0 aromatic heterocycles. The molecule has 1 aromatic carbocycles. The fourth-order valence-electron chi connectivity index (χ4n) is 1.76. The van der Waals surface area contributed by atoms with Crippen molar-refractivity contribution in [2.75, 3.05) is 20.8 Å². The fourth-order valence-corrected chi connectivity index (χ4v) is 1.76. The minimum Gasteiger partial charge on any atom is -0.493 e. The monoisotopic (exact) mass is 209 g/mol. The summed E-state index contributed by atoms with van der Waals surface area (Å²) in [6.45, 7) is 4.77. The number of hydrogen-bond acceptors (Lipinski definition) is 3. The third kappa shape index (κ3) is 2.23. The van der Waals surface area contributed by atoms with Crippen LogP contribution in [0.15, 0.2) is 12.1 Å². The molecule has 0 spiro atoms. The molecule has 0 radical (unpaired) electrons. The summed E-state index contributed by atoms with van der Waals surface area (Å²) in [5, 5.41) is 0. The molecule has 0 saturated carbocycles. The Morgan fingerprint density at radius 2 is 1.93 bits per heavy atom. The predicted molar refractivity (Wildman–Crippen MR) is 61.8 cm³/mol. The number of ether oxygens (including phenoxy) is 2. The predicted octanol–water partition coefficient (Wildman–Crippen LogP) is 2.07. The summed E-state index contributed by atoms with van der Waals surface area (Å²) >= 11 is 0. The van der Waals surface area contributed by atoms with Crippen molar-refractivity contribution >= 4 is 0 Å². The molecule has 0 aliphatic carbocycles. The Hall–Kier alpha value is -1.22. The maximum absolute atomic E-state index is 5.66. The normalized spacial score (nSPS) is 12.3. The van der Waals surface area contributed by atoms with Crippen molar-refractivity contribution in [3.05, 3.63) is 23.3 Å². The van der Waals surface area contributed by atoms with Gasteiger partial charge >= 0.3 is 0 Å². The van der Waals surface area contributed by atoms with Gasteiger partial charge in [-0.25, -0.2) is 0 Å². The summed E-state index contributed by atoms with van der Waals surface area (Å²) in [5.41, 5.74) is 7.99. The van der Waals surface area contributed by atoms with E-state index in [1.807, 2.05) is 19.1 Å². The van der Waals surface area contributed by atoms with Crippen LogP contribution in [0.4, 0.5) is 0 Å². The van der Waals surface area contributed by atoms with E-state index < -0.39 is 0 Å². The molecule has 0 aliphatic rings. The van der Waals surface area contributed by atoms with Gasteiger partial charge in [0.05, 0.1) is 14.2 Å². The summed E-state index contributed by atoms with van der Waals surface area (Å²) in [6, 6.07) is 3.97. The van der Waals surface area contributed by atoms with Crippen LogP contribution in [-0.4, -0.2) is 20.8 Å². The molecular formula is C12H19NO2. The van der Waals surface area contributed by atoms with Crippen molar-refractivity contribution in [3.63, 3.8) is 0 Å². The first-order valence-corrected chi connectivity index (χ1v) is 5.07. The van der Waals surface area contributed by atoms with Crippen LogP contribution in [0.3, 0.4) is 0 Å². The van der Waals surface area contributed by atoms with Gasteiger partial charge in [0.25, 0.3) is 0 Å². The lowest BCUT2D eigenvalue weighted by atomic mass is 9.95. The van der Waals surface area contributed by atoms with Gasteiger partial charge in [-0.15, -0.1) is 0 Å². The van der Waals surface area contributed by atoms with E-state index in [-0.39, 0.29) is 0 Å². The van der Waals surface area contributed by atoms with E-state index in [0.717, 1.165) is 17.1 Å². The number of hydrogen-bond donors (Lipinski definition) is 1.